The summed E-state index contributed by atoms with van der Waals surface area (Å²) in [6, 6.07) is 7.09. The summed E-state index contributed by atoms with van der Waals surface area (Å²) in [4.78, 5) is 13.2. The Morgan fingerprint density at radius 3 is 2.58 bits per heavy atom. The highest BCUT2D eigenvalue weighted by Crippen LogP contribution is 2.28. The highest BCUT2D eigenvalue weighted by Gasteiger charge is 2.15. The summed E-state index contributed by atoms with van der Waals surface area (Å²) < 4.78 is 8.13. The number of ether oxygens (including phenoxy) is 1. The van der Waals surface area contributed by atoms with Gasteiger partial charge in [-0.25, -0.2) is 15.0 Å². The summed E-state index contributed by atoms with van der Waals surface area (Å²) in [6.45, 7) is 12.2. The van der Waals surface area contributed by atoms with Crippen LogP contribution in [-0.4, -0.2) is 34.2 Å². The van der Waals surface area contributed by atoms with E-state index < -0.39 is 8.07 Å². The minimum Gasteiger partial charge on any atom is -0.361 e. The van der Waals surface area contributed by atoms with E-state index in [4.69, 9.17) is 16.3 Å². The molecule has 0 aliphatic heterocycles. The zero-order valence-corrected chi connectivity index (χ0v) is 17.8. The molecule has 0 aliphatic carbocycles. The van der Waals surface area contributed by atoms with Gasteiger partial charge in [0.25, 0.3) is 0 Å². The van der Waals surface area contributed by atoms with Gasteiger partial charge in [-0.05, 0) is 38.1 Å². The lowest BCUT2D eigenvalue weighted by Gasteiger charge is -2.17. The first-order valence-corrected chi connectivity index (χ1v) is 12.9. The SMILES string of the molecule is Cc1cc(-c2cc3cnc(Cl)cc3n2COCC[Si](C)(C)C)nc(C)n1. The quantitative estimate of drug-likeness (QED) is 0.336. The topological polar surface area (TPSA) is 52.8 Å². The highest BCUT2D eigenvalue weighted by molar-refractivity contribution is 6.76. The van der Waals surface area contributed by atoms with E-state index in [1.54, 1.807) is 6.20 Å². The predicted molar refractivity (Wildman–Crippen MR) is 109 cm³/mol. The van der Waals surface area contributed by atoms with Crippen LogP contribution < -0.4 is 0 Å². The van der Waals surface area contributed by atoms with E-state index in [1.165, 1.54) is 0 Å². The van der Waals surface area contributed by atoms with E-state index in [2.05, 4.69) is 45.2 Å². The molecular weight excluding hydrogens is 364 g/mol. The number of aryl methyl sites for hydroxylation is 2. The molecule has 7 heteroatoms. The Hall–Kier alpha value is -1.76. The number of rotatable bonds is 6. The molecule has 0 aliphatic rings. The van der Waals surface area contributed by atoms with Crippen LogP contribution in [0.4, 0.5) is 0 Å². The molecule has 3 heterocycles. The van der Waals surface area contributed by atoms with Gasteiger partial charge in [0.2, 0.25) is 0 Å². The van der Waals surface area contributed by atoms with E-state index in [0.29, 0.717) is 11.9 Å². The molecule has 26 heavy (non-hydrogen) atoms. The Morgan fingerprint density at radius 1 is 1.12 bits per heavy atom. The molecule has 0 fully saturated rings. The first-order chi connectivity index (χ1) is 12.2. The molecule has 0 N–H and O–H groups in total. The van der Waals surface area contributed by atoms with Crippen LogP contribution in [0.1, 0.15) is 11.5 Å². The molecule has 3 aromatic rings. The van der Waals surface area contributed by atoms with Crippen molar-refractivity contribution in [3.05, 3.63) is 41.1 Å². The van der Waals surface area contributed by atoms with Crippen molar-refractivity contribution < 1.29 is 4.74 Å². The molecule has 0 atom stereocenters. The molecule has 0 saturated carbocycles. The van der Waals surface area contributed by atoms with Gasteiger partial charge in [-0.15, -0.1) is 0 Å². The molecule has 5 nitrogen and oxygen atoms in total. The van der Waals surface area contributed by atoms with Crippen molar-refractivity contribution in [2.75, 3.05) is 6.61 Å². The molecule has 0 aromatic carbocycles. The van der Waals surface area contributed by atoms with Gasteiger partial charge in [0.05, 0.1) is 16.9 Å². The second kappa shape index (κ2) is 7.46. The summed E-state index contributed by atoms with van der Waals surface area (Å²) in [5.41, 5.74) is 3.82. The smallest absolute Gasteiger partial charge is 0.131 e. The Labute approximate surface area is 160 Å². The van der Waals surface area contributed by atoms with E-state index in [9.17, 15) is 0 Å². The summed E-state index contributed by atoms with van der Waals surface area (Å²) in [5, 5.41) is 1.49. The second-order valence-corrected chi connectivity index (χ2v) is 13.8. The van der Waals surface area contributed by atoms with Crippen molar-refractivity contribution in [1.82, 2.24) is 19.5 Å². The van der Waals surface area contributed by atoms with Gasteiger partial charge in [-0.2, -0.15) is 0 Å². The summed E-state index contributed by atoms with van der Waals surface area (Å²) in [6.07, 6.45) is 1.79. The summed E-state index contributed by atoms with van der Waals surface area (Å²) in [5.74, 6) is 0.757. The third-order valence-corrected chi connectivity index (χ3v) is 6.11. The number of nitrogens with zero attached hydrogens (tertiary/aromatic N) is 4. The number of halogens is 1. The van der Waals surface area contributed by atoms with Crippen LogP contribution in [0.25, 0.3) is 22.3 Å². The van der Waals surface area contributed by atoms with Gasteiger partial charge in [0, 0.05) is 32.0 Å². The molecule has 0 radical (unpaired) electrons. The standard InChI is InChI=1S/C19H25ClN4OSi/c1-13-8-16(23-14(2)22-13)18-9-15-11-21-19(20)10-17(15)24(18)12-25-6-7-26(3,4)5/h8-11H,6-7,12H2,1-5H3. The third kappa shape index (κ3) is 4.49. The van der Waals surface area contributed by atoms with Crippen molar-refractivity contribution in [3.8, 4) is 11.4 Å². The Kier molecular flexibility index (Phi) is 5.46. The monoisotopic (exact) mass is 388 g/mol. The maximum atomic E-state index is 6.13. The lowest BCUT2D eigenvalue weighted by molar-refractivity contribution is 0.0912. The van der Waals surface area contributed by atoms with Crippen LogP contribution in [-0.2, 0) is 11.5 Å². The van der Waals surface area contributed by atoms with Crippen molar-refractivity contribution in [2.45, 2.75) is 46.3 Å². The number of pyridine rings is 1. The lowest BCUT2D eigenvalue weighted by Crippen LogP contribution is -2.22. The first kappa shape index (κ1) is 19.0. The van der Waals surface area contributed by atoms with Crippen molar-refractivity contribution in [3.63, 3.8) is 0 Å². The minimum absolute atomic E-state index is 0.464. The highest BCUT2D eigenvalue weighted by atomic mass is 35.5. The summed E-state index contributed by atoms with van der Waals surface area (Å²) >= 11 is 6.13. The van der Waals surface area contributed by atoms with E-state index >= 15 is 0 Å². The van der Waals surface area contributed by atoms with Gasteiger partial charge in [0.1, 0.15) is 17.7 Å². The average molecular weight is 389 g/mol. The second-order valence-electron chi connectivity index (χ2n) is 7.81. The van der Waals surface area contributed by atoms with Crippen molar-refractivity contribution in [2.24, 2.45) is 0 Å². The summed E-state index contributed by atoms with van der Waals surface area (Å²) in [7, 11) is -1.12. The van der Waals surface area contributed by atoms with Gasteiger partial charge < -0.3 is 9.30 Å². The zero-order valence-electron chi connectivity index (χ0n) is 16.0. The van der Waals surface area contributed by atoms with Crippen LogP contribution >= 0.6 is 11.6 Å². The number of hydrogen-bond acceptors (Lipinski definition) is 4. The van der Waals surface area contributed by atoms with Crippen molar-refractivity contribution in [1.29, 1.82) is 0 Å². The molecule has 0 amide bonds. The van der Waals surface area contributed by atoms with Gasteiger partial charge in [0.15, 0.2) is 0 Å². The molecule has 0 bridgehead atoms. The van der Waals surface area contributed by atoms with E-state index in [1.807, 2.05) is 26.0 Å². The normalized spacial score (nSPS) is 12.1. The maximum Gasteiger partial charge on any atom is 0.131 e. The molecule has 0 spiro atoms. The predicted octanol–water partition coefficient (Wildman–Crippen LogP) is 5.08. The molecule has 0 unspecified atom stereocenters. The van der Waals surface area contributed by atoms with Crippen LogP contribution in [0.5, 0.6) is 0 Å². The third-order valence-electron chi connectivity index (χ3n) is 4.20. The zero-order chi connectivity index (χ0) is 18.9. The average Bonchev–Trinajstić information content (AvgIpc) is 2.87. The number of aromatic nitrogens is 4. The fraction of sp³-hybridized carbons (Fsp3) is 0.421. The first-order valence-electron chi connectivity index (χ1n) is 8.78. The fourth-order valence-electron chi connectivity index (χ4n) is 2.86. The van der Waals surface area contributed by atoms with Crippen LogP contribution in [0, 0.1) is 13.8 Å². The molecule has 3 rings (SSSR count). The fourth-order valence-corrected chi connectivity index (χ4v) is 3.77. The van der Waals surface area contributed by atoms with Gasteiger partial charge in [-0.1, -0.05) is 31.2 Å². The Morgan fingerprint density at radius 2 is 1.88 bits per heavy atom. The molecule has 138 valence electrons. The van der Waals surface area contributed by atoms with Crippen molar-refractivity contribution >= 4 is 30.6 Å². The van der Waals surface area contributed by atoms with Crippen LogP contribution in [0.15, 0.2) is 24.4 Å². The Balaban J connectivity index is 1.99. The number of hydrogen-bond donors (Lipinski definition) is 0. The van der Waals surface area contributed by atoms with E-state index in [0.717, 1.165) is 46.5 Å². The van der Waals surface area contributed by atoms with Gasteiger partial charge in [-0.3, -0.25) is 0 Å². The van der Waals surface area contributed by atoms with Crippen LogP contribution in [0.3, 0.4) is 0 Å². The Bertz CT molecular complexity index is 913. The van der Waals surface area contributed by atoms with E-state index in [-0.39, 0.29) is 0 Å². The van der Waals surface area contributed by atoms with Crippen LogP contribution in [0.2, 0.25) is 30.8 Å². The largest absolute Gasteiger partial charge is 0.361 e. The van der Waals surface area contributed by atoms with Gasteiger partial charge >= 0.3 is 0 Å². The molecular formula is C19H25ClN4OSi. The maximum absolute atomic E-state index is 6.13. The lowest BCUT2D eigenvalue weighted by atomic mass is 10.2. The minimum atomic E-state index is -1.12. The number of fused-ring (bicyclic) bond motifs is 1. The molecule has 3 aromatic heterocycles. The molecule has 0 saturated heterocycles.